The predicted octanol–water partition coefficient (Wildman–Crippen LogP) is 3.35. The fraction of sp³-hybridized carbons (Fsp3) is 0.933. The maximum Gasteiger partial charge on any atom is 0.320 e. The van der Waals surface area contributed by atoms with E-state index in [1.54, 1.807) is 0 Å². The SMILES string of the molecule is CC(C)(C)C1CCN(C(=O)N2CCCCCC2)C1. The first-order valence-electron chi connectivity index (χ1n) is 7.52. The second-order valence-electron chi connectivity index (χ2n) is 6.98. The van der Waals surface area contributed by atoms with E-state index in [1.807, 2.05) is 0 Å². The molecular weight excluding hydrogens is 224 g/mol. The van der Waals surface area contributed by atoms with Crippen molar-refractivity contribution in [2.24, 2.45) is 11.3 Å². The van der Waals surface area contributed by atoms with Gasteiger partial charge < -0.3 is 9.80 Å². The molecule has 104 valence electrons. The number of likely N-dealkylation sites (tertiary alicyclic amines) is 2. The first-order chi connectivity index (χ1) is 8.48. The fourth-order valence-electron chi connectivity index (χ4n) is 3.10. The van der Waals surface area contributed by atoms with E-state index in [0.717, 1.165) is 26.2 Å². The molecule has 2 amide bonds. The average molecular weight is 252 g/mol. The molecule has 0 saturated carbocycles. The topological polar surface area (TPSA) is 23.6 Å². The maximum atomic E-state index is 12.5. The molecule has 2 saturated heterocycles. The van der Waals surface area contributed by atoms with Gasteiger partial charge in [-0.3, -0.25) is 0 Å². The summed E-state index contributed by atoms with van der Waals surface area (Å²) in [6, 6.07) is 0.295. The number of hydrogen-bond acceptors (Lipinski definition) is 1. The van der Waals surface area contributed by atoms with Gasteiger partial charge in [0.2, 0.25) is 0 Å². The molecule has 0 bridgehead atoms. The van der Waals surface area contributed by atoms with E-state index in [4.69, 9.17) is 0 Å². The van der Waals surface area contributed by atoms with Crippen molar-refractivity contribution < 1.29 is 4.79 Å². The molecule has 0 aromatic carbocycles. The predicted molar refractivity (Wildman–Crippen MR) is 74.6 cm³/mol. The quantitative estimate of drug-likeness (QED) is 0.648. The Balaban J connectivity index is 1.90. The normalized spacial score (nSPS) is 26.3. The molecule has 0 spiro atoms. The molecule has 2 aliphatic rings. The van der Waals surface area contributed by atoms with Gasteiger partial charge in [-0.25, -0.2) is 4.79 Å². The summed E-state index contributed by atoms with van der Waals surface area (Å²) in [5.41, 5.74) is 0.327. The lowest BCUT2D eigenvalue weighted by atomic mass is 9.80. The first-order valence-corrected chi connectivity index (χ1v) is 7.52. The molecule has 2 rings (SSSR count). The van der Waals surface area contributed by atoms with Crippen LogP contribution in [0.1, 0.15) is 52.9 Å². The highest BCUT2D eigenvalue weighted by atomic mass is 16.2. The average Bonchev–Trinajstić information content (AvgIpc) is 2.65. The summed E-state index contributed by atoms with van der Waals surface area (Å²) < 4.78 is 0. The van der Waals surface area contributed by atoms with Crippen molar-refractivity contribution in [3.05, 3.63) is 0 Å². The van der Waals surface area contributed by atoms with Crippen molar-refractivity contribution >= 4 is 6.03 Å². The minimum atomic E-state index is 0.295. The fourth-order valence-corrected chi connectivity index (χ4v) is 3.10. The summed E-state index contributed by atoms with van der Waals surface area (Å²) in [6.45, 7) is 10.7. The Labute approximate surface area is 112 Å². The third-order valence-corrected chi connectivity index (χ3v) is 4.56. The number of amides is 2. The molecule has 3 nitrogen and oxygen atoms in total. The Morgan fingerprint density at radius 3 is 2.06 bits per heavy atom. The molecule has 1 unspecified atom stereocenters. The molecule has 2 fully saturated rings. The van der Waals surface area contributed by atoms with Crippen LogP contribution in [0.15, 0.2) is 0 Å². The van der Waals surface area contributed by atoms with Gasteiger partial charge in [-0.1, -0.05) is 33.6 Å². The van der Waals surface area contributed by atoms with Crippen molar-refractivity contribution in [3.8, 4) is 0 Å². The van der Waals surface area contributed by atoms with Crippen LogP contribution in [0, 0.1) is 11.3 Å². The van der Waals surface area contributed by atoms with Gasteiger partial charge in [0.05, 0.1) is 0 Å². The standard InChI is InChI=1S/C15H28N2O/c1-15(2,3)13-8-11-17(12-13)14(18)16-9-6-4-5-7-10-16/h13H,4-12H2,1-3H3. The molecule has 0 aromatic heterocycles. The number of carbonyl (C=O) groups is 1. The minimum Gasteiger partial charge on any atom is -0.325 e. The Hall–Kier alpha value is -0.730. The zero-order valence-corrected chi connectivity index (χ0v) is 12.2. The van der Waals surface area contributed by atoms with Gasteiger partial charge in [-0.05, 0) is 30.6 Å². The third-order valence-electron chi connectivity index (χ3n) is 4.56. The molecule has 0 aromatic rings. The van der Waals surface area contributed by atoms with Gasteiger partial charge in [-0.2, -0.15) is 0 Å². The summed E-state index contributed by atoms with van der Waals surface area (Å²) in [4.78, 5) is 16.6. The van der Waals surface area contributed by atoms with Gasteiger partial charge in [0, 0.05) is 26.2 Å². The summed E-state index contributed by atoms with van der Waals surface area (Å²) >= 11 is 0. The second kappa shape index (κ2) is 5.50. The van der Waals surface area contributed by atoms with Crippen LogP contribution in [0.4, 0.5) is 4.79 Å². The van der Waals surface area contributed by atoms with Crippen LogP contribution >= 0.6 is 0 Å². The summed E-state index contributed by atoms with van der Waals surface area (Å²) in [5.74, 6) is 0.661. The van der Waals surface area contributed by atoms with Gasteiger partial charge in [0.15, 0.2) is 0 Å². The second-order valence-corrected chi connectivity index (χ2v) is 6.98. The van der Waals surface area contributed by atoms with Crippen LogP contribution in [-0.4, -0.2) is 42.0 Å². The Morgan fingerprint density at radius 1 is 0.944 bits per heavy atom. The molecular formula is C15H28N2O. The van der Waals surface area contributed by atoms with E-state index in [-0.39, 0.29) is 0 Å². The highest BCUT2D eigenvalue weighted by molar-refractivity contribution is 5.74. The zero-order chi connectivity index (χ0) is 13.2. The number of carbonyl (C=O) groups excluding carboxylic acids is 1. The van der Waals surface area contributed by atoms with Crippen LogP contribution in [0.25, 0.3) is 0 Å². The molecule has 3 heteroatoms. The van der Waals surface area contributed by atoms with Crippen molar-refractivity contribution in [1.82, 2.24) is 9.80 Å². The summed E-state index contributed by atoms with van der Waals surface area (Å²) in [5, 5.41) is 0. The third kappa shape index (κ3) is 3.18. The zero-order valence-electron chi connectivity index (χ0n) is 12.2. The van der Waals surface area contributed by atoms with Gasteiger partial charge >= 0.3 is 6.03 Å². The number of nitrogens with zero attached hydrogens (tertiary/aromatic N) is 2. The minimum absolute atomic E-state index is 0.295. The molecule has 1 atom stereocenters. The monoisotopic (exact) mass is 252 g/mol. The smallest absolute Gasteiger partial charge is 0.320 e. The van der Waals surface area contributed by atoms with E-state index in [9.17, 15) is 4.79 Å². The van der Waals surface area contributed by atoms with Crippen LogP contribution < -0.4 is 0 Å². The van der Waals surface area contributed by atoms with E-state index in [1.165, 1.54) is 32.1 Å². The van der Waals surface area contributed by atoms with Gasteiger partial charge in [0.25, 0.3) is 0 Å². The molecule has 2 heterocycles. The van der Waals surface area contributed by atoms with Crippen LogP contribution in [0.5, 0.6) is 0 Å². The number of urea groups is 1. The van der Waals surface area contributed by atoms with Crippen molar-refractivity contribution in [3.63, 3.8) is 0 Å². The first kappa shape index (κ1) is 13.7. The van der Waals surface area contributed by atoms with Gasteiger partial charge in [-0.15, -0.1) is 0 Å². The lowest BCUT2D eigenvalue weighted by molar-refractivity contribution is 0.157. The van der Waals surface area contributed by atoms with Crippen LogP contribution in [-0.2, 0) is 0 Å². The molecule has 0 N–H and O–H groups in total. The van der Waals surface area contributed by atoms with E-state index >= 15 is 0 Å². The Kier molecular flexibility index (Phi) is 4.18. The largest absolute Gasteiger partial charge is 0.325 e. The highest BCUT2D eigenvalue weighted by Gasteiger charge is 2.35. The van der Waals surface area contributed by atoms with Gasteiger partial charge in [0.1, 0.15) is 0 Å². The number of hydrogen-bond donors (Lipinski definition) is 0. The molecule has 18 heavy (non-hydrogen) atoms. The van der Waals surface area contributed by atoms with Crippen molar-refractivity contribution in [1.29, 1.82) is 0 Å². The lowest BCUT2D eigenvalue weighted by Crippen LogP contribution is -2.43. The summed E-state index contributed by atoms with van der Waals surface area (Å²) in [7, 11) is 0. The number of rotatable bonds is 0. The molecule has 2 aliphatic heterocycles. The maximum absolute atomic E-state index is 12.5. The molecule has 0 aliphatic carbocycles. The van der Waals surface area contributed by atoms with Crippen LogP contribution in [0.3, 0.4) is 0 Å². The summed E-state index contributed by atoms with van der Waals surface area (Å²) in [6.07, 6.45) is 6.11. The van der Waals surface area contributed by atoms with Crippen molar-refractivity contribution in [2.45, 2.75) is 52.9 Å². The highest BCUT2D eigenvalue weighted by Crippen LogP contribution is 2.34. The van der Waals surface area contributed by atoms with Crippen molar-refractivity contribution in [2.75, 3.05) is 26.2 Å². The van der Waals surface area contributed by atoms with Crippen LogP contribution in [0.2, 0.25) is 0 Å². The molecule has 0 radical (unpaired) electrons. The Bertz CT molecular complexity index is 287. The van der Waals surface area contributed by atoms with E-state index in [2.05, 4.69) is 30.6 Å². The van der Waals surface area contributed by atoms with E-state index in [0.29, 0.717) is 17.4 Å². The lowest BCUT2D eigenvalue weighted by Gasteiger charge is -2.29. The Morgan fingerprint density at radius 2 is 1.56 bits per heavy atom. The van der Waals surface area contributed by atoms with E-state index < -0.39 is 0 Å².